The summed E-state index contributed by atoms with van der Waals surface area (Å²) < 4.78 is 22.7. The Morgan fingerprint density at radius 2 is 2.00 bits per heavy atom. The molecular weight excluding hydrogens is 222 g/mol. The van der Waals surface area contributed by atoms with Gasteiger partial charge in [0.1, 0.15) is 9.84 Å². The fraction of sp³-hybridized carbons (Fsp3) is 1.00. The van der Waals surface area contributed by atoms with E-state index in [1.54, 1.807) is 6.92 Å². The van der Waals surface area contributed by atoms with Gasteiger partial charge >= 0.3 is 0 Å². The van der Waals surface area contributed by atoms with Crippen molar-refractivity contribution >= 4 is 9.84 Å². The van der Waals surface area contributed by atoms with Crippen molar-refractivity contribution < 1.29 is 8.42 Å². The van der Waals surface area contributed by atoms with Crippen molar-refractivity contribution in [2.75, 3.05) is 18.1 Å². The van der Waals surface area contributed by atoms with Crippen molar-refractivity contribution in [1.29, 1.82) is 0 Å². The molecule has 0 saturated heterocycles. The third kappa shape index (κ3) is 4.42. The predicted octanol–water partition coefficient (Wildman–Crippen LogP) is 1.98. The van der Waals surface area contributed by atoms with E-state index in [0.29, 0.717) is 11.8 Å². The molecule has 0 heterocycles. The van der Waals surface area contributed by atoms with Crippen molar-refractivity contribution in [3.8, 4) is 0 Å². The van der Waals surface area contributed by atoms with Crippen LogP contribution in [-0.4, -0.2) is 32.5 Å². The molecule has 0 amide bonds. The van der Waals surface area contributed by atoms with Crippen molar-refractivity contribution in [2.24, 2.45) is 5.92 Å². The van der Waals surface area contributed by atoms with Gasteiger partial charge in [0, 0.05) is 11.8 Å². The van der Waals surface area contributed by atoms with Crippen LogP contribution in [0, 0.1) is 5.92 Å². The first-order chi connectivity index (χ1) is 7.59. The smallest absolute Gasteiger partial charge is 0.150 e. The van der Waals surface area contributed by atoms with Gasteiger partial charge in [-0.15, -0.1) is 0 Å². The quantitative estimate of drug-likeness (QED) is 0.713. The van der Waals surface area contributed by atoms with Crippen LogP contribution in [-0.2, 0) is 9.84 Å². The zero-order valence-corrected chi connectivity index (χ0v) is 11.4. The third-order valence-electron chi connectivity index (χ3n) is 3.60. The molecule has 1 atom stereocenters. The van der Waals surface area contributed by atoms with Crippen LogP contribution in [0.2, 0.25) is 0 Å². The first kappa shape index (κ1) is 14.0. The van der Waals surface area contributed by atoms with Crippen LogP contribution >= 0.6 is 0 Å². The lowest BCUT2D eigenvalue weighted by Gasteiger charge is -2.34. The van der Waals surface area contributed by atoms with Crippen molar-refractivity contribution in [2.45, 2.75) is 52.0 Å². The number of sulfone groups is 1. The van der Waals surface area contributed by atoms with E-state index in [-0.39, 0.29) is 5.75 Å². The third-order valence-corrected chi connectivity index (χ3v) is 5.39. The molecule has 0 bridgehead atoms. The maximum Gasteiger partial charge on any atom is 0.150 e. The molecule has 1 saturated carbocycles. The SMILES string of the molecule is CCNC(CCCS(=O)(=O)CC)C1CCC1. The summed E-state index contributed by atoms with van der Waals surface area (Å²) in [6.07, 6.45) is 5.80. The molecule has 4 heteroatoms. The fourth-order valence-corrected chi connectivity index (χ4v) is 3.17. The molecule has 1 aliphatic rings. The molecule has 1 N–H and O–H groups in total. The van der Waals surface area contributed by atoms with Crippen molar-refractivity contribution in [3.63, 3.8) is 0 Å². The van der Waals surface area contributed by atoms with Crippen LogP contribution in [0.25, 0.3) is 0 Å². The van der Waals surface area contributed by atoms with Gasteiger partial charge in [0.05, 0.1) is 5.75 Å². The zero-order chi connectivity index (χ0) is 12.0. The Bertz CT molecular complexity index is 283. The minimum absolute atomic E-state index is 0.280. The molecule has 0 aromatic carbocycles. The molecule has 0 aliphatic heterocycles. The summed E-state index contributed by atoms with van der Waals surface area (Å²) in [5.41, 5.74) is 0. The van der Waals surface area contributed by atoms with Crippen LogP contribution in [0.4, 0.5) is 0 Å². The molecule has 0 spiro atoms. The molecule has 96 valence electrons. The van der Waals surface area contributed by atoms with Gasteiger partial charge in [-0.25, -0.2) is 8.42 Å². The van der Waals surface area contributed by atoms with Crippen molar-refractivity contribution in [1.82, 2.24) is 5.32 Å². The normalized spacial score (nSPS) is 19.4. The summed E-state index contributed by atoms with van der Waals surface area (Å²) in [6.45, 7) is 4.83. The summed E-state index contributed by atoms with van der Waals surface area (Å²) in [4.78, 5) is 0. The van der Waals surface area contributed by atoms with E-state index < -0.39 is 9.84 Å². The summed E-state index contributed by atoms with van der Waals surface area (Å²) in [5, 5.41) is 3.49. The second kappa shape index (κ2) is 6.60. The molecule has 1 rings (SSSR count). The summed E-state index contributed by atoms with van der Waals surface area (Å²) in [5.74, 6) is 1.43. The molecule has 3 nitrogen and oxygen atoms in total. The molecule has 16 heavy (non-hydrogen) atoms. The lowest BCUT2D eigenvalue weighted by molar-refractivity contribution is 0.221. The summed E-state index contributed by atoms with van der Waals surface area (Å²) >= 11 is 0. The van der Waals surface area contributed by atoms with Gasteiger partial charge in [-0.2, -0.15) is 0 Å². The van der Waals surface area contributed by atoms with E-state index in [1.165, 1.54) is 19.3 Å². The lowest BCUT2D eigenvalue weighted by Crippen LogP contribution is -2.39. The van der Waals surface area contributed by atoms with E-state index in [1.807, 2.05) is 0 Å². The van der Waals surface area contributed by atoms with Gasteiger partial charge in [0.15, 0.2) is 0 Å². The number of nitrogens with one attached hydrogen (secondary N) is 1. The van der Waals surface area contributed by atoms with Crippen LogP contribution in [0.1, 0.15) is 46.0 Å². The summed E-state index contributed by atoms with van der Waals surface area (Å²) in [7, 11) is -2.77. The second-order valence-corrected chi connectivity index (χ2v) is 7.21. The topological polar surface area (TPSA) is 46.2 Å². The van der Waals surface area contributed by atoms with Crippen LogP contribution < -0.4 is 5.32 Å². The van der Waals surface area contributed by atoms with Crippen LogP contribution in [0.5, 0.6) is 0 Å². The Morgan fingerprint density at radius 1 is 1.31 bits per heavy atom. The fourth-order valence-electron chi connectivity index (χ4n) is 2.28. The van der Waals surface area contributed by atoms with Crippen molar-refractivity contribution in [3.05, 3.63) is 0 Å². The highest BCUT2D eigenvalue weighted by atomic mass is 32.2. The minimum Gasteiger partial charge on any atom is -0.314 e. The first-order valence-corrected chi connectivity index (χ1v) is 8.35. The zero-order valence-electron chi connectivity index (χ0n) is 10.5. The molecular formula is C12H25NO2S. The predicted molar refractivity (Wildman–Crippen MR) is 68.4 cm³/mol. The Balaban J connectivity index is 2.27. The van der Waals surface area contributed by atoms with Gasteiger partial charge < -0.3 is 5.32 Å². The maximum atomic E-state index is 11.4. The Kier molecular flexibility index (Phi) is 5.76. The largest absolute Gasteiger partial charge is 0.314 e. The Morgan fingerprint density at radius 3 is 2.44 bits per heavy atom. The van der Waals surface area contributed by atoms with E-state index >= 15 is 0 Å². The average Bonchev–Trinajstić information content (AvgIpc) is 2.15. The van der Waals surface area contributed by atoms with Crippen LogP contribution in [0.15, 0.2) is 0 Å². The molecule has 1 aliphatic carbocycles. The molecule has 0 aromatic rings. The second-order valence-electron chi connectivity index (χ2n) is 4.73. The summed E-state index contributed by atoms with van der Waals surface area (Å²) in [6, 6.07) is 0.547. The van der Waals surface area contributed by atoms with E-state index in [0.717, 1.165) is 25.3 Å². The van der Waals surface area contributed by atoms with Crippen LogP contribution in [0.3, 0.4) is 0 Å². The minimum atomic E-state index is -2.77. The number of hydrogen-bond donors (Lipinski definition) is 1. The van der Waals surface area contributed by atoms with Gasteiger partial charge in [-0.05, 0) is 38.1 Å². The van der Waals surface area contributed by atoms with Gasteiger partial charge in [-0.3, -0.25) is 0 Å². The maximum absolute atomic E-state index is 11.4. The standard InChI is InChI=1S/C12H25NO2S/c1-3-13-12(11-7-5-8-11)9-6-10-16(14,15)4-2/h11-13H,3-10H2,1-2H3. The molecule has 0 aromatic heterocycles. The average molecular weight is 247 g/mol. The van der Waals surface area contributed by atoms with Gasteiger partial charge in [-0.1, -0.05) is 20.3 Å². The van der Waals surface area contributed by atoms with Gasteiger partial charge in [0.2, 0.25) is 0 Å². The first-order valence-electron chi connectivity index (χ1n) is 6.53. The molecule has 0 radical (unpaired) electrons. The Hall–Kier alpha value is -0.0900. The highest BCUT2D eigenvalue weighted by Crippen LogP contribution is 2.31. The number of hydrogen-bond acceptors (Lipinski definition) is 3. The molecule has 1 fully saturated rings. The van der Waals surface area contributed by atoms with E-state index in [4.69, 9.17) is 0 Å². The lowest BCUT2D eigenvalue weighted by atomic mass is 9.78. The number of rotatable bonds is 8. The van der Waals surface area contributed by atoms with E-state index in [2.05, 4.69) is 12.2 Å². The Labute approximate surface area is 99.9 Å². The monoisotopic (exact) mass is 247 g/mol. The van der Waals surface area contributed by atoms with Gasteiger partial charge in [0.25, 0.3) is 0 Å². The molecule has 1 unspecified atom stereocenters. The van der Waals surface area contributed by atoms with E-state index in [9.17, 15) is 8.42 Å². The highest BCUT2D eigenvalue weighted by molar-refractivity contribution is 7.91. The highest BCUT2D eigenvalue weighted by Gasteiger charge is 2.26.